The van der Waals surface area contributed by atoms with Gasteiger partial charge < -0.3 is 10.0 Å². The van der Waals surface area contributed by atoms with Crippen LogP contribution in [-0.2, 0) is 0 Å². The Morgan fingerprint density at radius 2 is 1.90 bits per heavy atom. The normalized spacial score (nSPS) is 16.4. The summed E-state index contributed by atoms with van der Waals surface area (Å²) in [7, 11) is 0. The Labute approximate surface area is 124 Å². The molecule has 0 aromatic carbocycles. The third-order valence-corrected chi connectivity index (χ3v) is 4.25. The SMILES string of the molecule is O=C(O)c1nc2ccc(N3CCCCCC3)nn2c1Br. The Balaban J connectivity index is 2.01. The second kappa shape index (κ2) is 5.40. The van der Waals surface area contributed by atoms with Crippen molar-refractivity contribution < 1.29 is 9.90 Å². The molecule has 0 amide bonds. The van der Waals surface area contributed by atoms with Crippen molar-refractivity contribution in [2.24, 2.45) is 0 Å². The van der Waals surface area contributed by atoms with Crippen molar-refractivity contribution in [3.8, 4) is 0 Å². The Hall–Kier alpha value is -1.63. The van der Waals surface area contributed by atoms with Gasteiger partial charge in [0.25, 0.3) is 0 Å². The Morgan fingerprint density at radius 3 is 2.55 bits per heavy atom. The van der Waals surface area contributed by atoms with Crippen LogP contribution >= 0.6 is 15.9 Å². The molecule has 2 aromatic rings. The first-order chi connectivity index (χ1) is 9.66. The third-order valence-electron chi connectivity index (χ3n) is 3.54. The van der Waals surface area contributed by atoms with Crippen LogP contribution in [0.3, 0.4) is 0 Å². The number of hydrogen-bond acceptors (Lipinski definition) is 4. The number of nitrogens with zero attached hydrogens (tertiary/aromatic N) is 4. The number of halogens is 1. The van der Waals surface area contributed by atoms with Gasteiger partial charge >= 0.3 is 5.97 Å². The van der Waals surface area contributed by atoms with Crippen LogP contribution in [0.25, 0.3) is 5.65 Å². The van der Waals surface area contributed by atoms with Gasteiger partial charge in [-0.25, -0.2) is 14.3 Å². The number of hydrogen-bond donors (Lipinski definition) is 1. The fraction of sp³-hybridized carbons (Fsp3) is 0.462. The predicted molar refractivity (Wildman–Crippen MR) is 78.3 cm³/mol. The standard InChI is InChI=1S/C13H15BrN4O2/c14-12-11(13(19)20)15-9-5-6-10(16-18(9)12)17-7-3-1-2-4-8-17/h5-6H,1-4,7-8H2,(H,19,20). The molecule has 106 valence electrons. The van der Waals surface area contributed by atoms with E-state index in [1.807, 2.05) is 12.1 Å². The molecule has 1 aliphatic heterocycles. The number of carbonyl (C=O) groups is 1. The summed E-state index contributed by atoms with van der Waals surface area (Å²) in [5.41, 5.74) is 0.526. The zero-order chi connectivity index (χ0) is 14.1. The van der Waals surface area contributed by atoms with Crippen LogP contribution in [0.15, 0.2) is 16.7 Å². The molecule has 3 rings (SSSR count). The molecule has 20 heavy (non-hydrogen) atoms. The molecule has 0 bridgehead atoms. The second-order valence-electron chi connectivity index (χ2n) is 4.92. The van der Waals surface area contributed by atoms with E-state index in [0.717, 1.165) is 18.9 Å². The molecule has 0 atom stereocenters. The highest BCUT2D eigenvalue weighted by Gasteiger charge is 2.18. The van der Waals surface area contributed by atoms with E-state index in [-0.39, 0.29) is 5.69 Å². The molecule has 1 N–H and O–H groups in total. The highest BCUT2D eigenvalue weighted by molar-refractivity contribution is 9.10. The first-order valence-corrected chi connectivity index (χ1v) is 7.49. The average Bonchev–Trinajstić information content (AvgIpc) is 2.64. The zero-order valence-corrected chi connectivity index (χ0v) is 12.5. The molecule has 7 heteroatoms. The summed E-state index contributed by atoms with van der Waals surface area (Å²) in [5, 5.41) is 13.6. The number of carboxylic acids is 1. The van der Waals surface area contributed by atoms with E-state index in [4.69, 9.17) is 5.11 Å². The summed E-state index contributed by atoms with van der Waals surface area (Å²) < 4.78 is 1.93. The number of fused-ring (bicyclic) bond motifs is 1. The van der Waals surface area contributed by atoms with Crippen molar-refractivity contribution in [3.63, 3.8) is 0 Å². The van der Waals surface area contributed by atoms with Gasteiger partial charge in [-0.15, -0.1) is 5.10 Å². The van der Waals surface area contributed by atoms with Crippen LogP contribution in [-0.4, -0.2) is 38.8 Å². The fourth-order valence-corrected chi connectivity index (χ4v) is 3.02. The predicted octanol–water partition coefficient (Wildman–Crippen LogP) is 2.57. The summed E-state index contributed by atoms with van der Waals surface area (Å²) in [5.74, 6) is -0.187. The lowest BCUT2D eigenvalue weighted by Gasteiger charge is -2.21. The lowest BCUT2D eigenvalue weighted by molar-refractivity contribution is 0.0690. The van der Waals surface area contributed by atoms with Crippen LogP contribution in [0.1, 0.15) is 36.2 Å². The van der Waals surface area contributed by atoms with Crippen LogP contribution in [0.4, 0.5) is 5.82 Å². The highest BCUT2D eigenvalue weighted by atomic mass is 79.9. The minimum atomic E-state index is -1.06. The molecule has 1 fully saturated rings. The van der Waals surface area contributed by atoms with E-state index in [2.05, 4.69) is 30.9 Å². The van der Waals surface area contributed by atoms with Gasteiger partial charge in [0, 0.05) is 13.1 Å². The molecular formula is C13H15BrN4O2. The molecule has 1 aliphatic rings. The van der Waals surface area contributed by atoms with Gasteiger partial charge in [0.15, 0.2) is 11.3 Å². The van der Waals surface area contributed by atoms with E-state index >= 15 is 0 Å². The highest BCUT2D eigenvalue weighted by Crippen LogP contribution is 2.22. The van der Waals surface area contributed by atoms with Gasteiger partial charge in [0.05, 0.1) is 0 Å². The van der Waals surface area contributed by atoms with Gasteiger partial charge in [-0.05, 0) is 40.9 Å². The van der Waals surface area contributed by atoms with E-state index in [1.54, 1.807) is 4.52 Å². The molecule has 0 radical (unpaired) electrons. The van der Waals surface area contributed by atoms with Gasteiger partial charge in [0.2, 0.25) is 0 Å². The third kappa shape index (κ3) is 2.37. The monoisotopic (exact) mass is 338 g/mol. The van der Waals surface area contributed by atoms with Crippen LogP contribution < -0.4 is 4.90 Å². The average molecular weight is 339 g/mol. The van der Waals surface area contributed by atoms with Crippen molar-refractivity contribution in [2.45, 2.75) is 25.7 Å². The molecule has 2 aromatic heterocycles. The topological polar surface area (TPSA) is 70.7 Å². The summed E-state index contributed by atoms with van der Waals surface area (Å²) in [4.78, 5) is 17.4. The van der Waals surface area contributed by atoms with E-state index in [9.17, 15) is 4.79 Å². The lowest BCUT2D eigenvalue weighted by Crippen LogP contribution is -2.25. The molecule has 0 spiro atoms. The first kappa shape index (κ1) is 13.4. The lowest BCUT2D eigenvalue weighted by atomic mass is 10.2. The largest absolute Gasteiger partial charge is 0.476 e. The van der Waals surface area contributed by atoms with Crippen molar-refractivity contribution in [1.82, 2.24) is 14.6 Å². The maximum absolute atomic E-state index is 11.1. The summed E-state index contributed by atoms with van der Waals surface area (Å²) in [6.45, 7) is 1.99. The molecule has 6 nitrogen and oxygen atoms in total. The smallest absolute Gasteiger partial charge is 0.357 e. The minimum Gasteiger partial charge on any atom is -0.476 e. The van der Waals surface area contributed by atoms with Gasteiger partial charge in [0.1, 0.15) is 10.4 Å². The quantitative estimate of drug-likeness (QED) is 0.911. The fourth-order valence-electron chi connectivity index (χ4n) is 2.50. The van der Waals surface area contributed by atoms with Crippen LogP contribution in [0, 0.1) is 0 Å². The first-order valence-electron chi connectivity index (χ1n) is 6.70. The molecule has 0 unspecified atom stereocenters. The van der Waals surface area contributed by atoms with E-state index in [1.165, 1.54) is 25.7 Å². The van der Waals surface area contributed by atoms with Crippen LogP contribution in [0.5, 0.6) is 0 Å². The number of aromatic carboxylic acids is 1. The van der Waals surface area contributed by atoms with Crippen molar-refractivity contribution in [1.29, 1.82) is 0 Å². The number of imidazole rings is 1. The Bertz CT molecular complexity index is 647. The van der Waals surface area contributed by atoms with E-state index in [0.29, 0.717) is 10.3 Å². The van der Waals surface area contributed by atoms with Crippen molar-refractivity contribution >= 4 is 33.4 Å². The molecule has 1 saturated heterocycles. The molecular weight excluding hydrogens is 324 g/mol. The molecule has 0 aliphatic carbocycles. The van der Waals surface area contributed by atoms with Gasteiger partial charge in [-0.1, -0.05) is 12.8 Å². The summed E-state index contributed by atoms with van der Waals surface area (Å²) in [6, 6.07) is 3.72. The minimum absolute atomic E-state index is 0.00878. The molecule has 0 saturated carbocycles. The second-order valence-corrected chi connectivity index (χ2v) is 5.67. The van der Waals surface area contributed by atoms with E-state index < -0.39 is 5.97 Å². The molecule has 3 heterocycles. The van der Waals surface area contributed by atoms with Crippen molar-refractivity contribution in [3.05, 3.63) is 22.4 Å². The maximum atomic E-state index is 11.1. The Kier molecular flexibility index (Phi) is 3.60. The van der Waals surface area contributed by atoms with Crippen LogP contribution in [0.2, 0.25) is 0 Å². The number of aromatic nitrogens is 3. The Morgan fingerprint density at radius 1 is 1.20 bits per heavy atom. The van der Waals surface area contributed by atoms with Gasteiger partial charge in [-0.2, -0.15) is 0 Å². The summed E-state index contributed by atoms with van der Waals surface area (Å²) >= 11 is 3.26. The maximum Gasteiger partial charge on any atom is 0.357 e. The number of carboxylic acid groups (broad SMARTS) is 1. The summed E-state index contributed by atoms with van der Waals surface area (Å²) in [6.07, 6.45) is 4.86. The number of anilines is 1. The zero-order valence-electron chi connectivity index (χ0n) is 10.9. The van der Waals surface area contributed by atoms with Gasteiger partial charge in [-0.3, -0.25) is 0 Å². The van der Waals surface area contributed by atoms with Crippen molar-refractivity contribution in [2.75, 3.05) is 18.0 Å². The number of rotatable bonds is 2.